The van der Waals surface area contributed by atoms with Crippen molar-refractivity contribution >= 4 is 0 Å². The lowest BCUT2D eigenvalue weighted by Gasteiger charge is -1.97. The topological polar surface area (TPSA) is 54.5 Å². The van der Waals surface area contributed by atoms with Crippen LogP contribution in [0.25, 0.3) is 11.3 Å². The summed E-state index contributed by atoms with van der Waals surface area (Å²) in [6, 6.07) is 5.98. The Kier molecular flexibility index (Phi) is 2.37. The molecule has 84 valence electrons. The van der Waals surface area contributed by atoms with Crippen molar-refractivity contribution in [2.75, 3.05) is 0 Å². The summed E-state index contributed by atoms with van der Waals surface area (Å²) in [5.74, 6) is 0.753. The van der Waals surface area contributed by atoms with Crippen molar-refractivity contribution in [3.05, 3.63) is 36.3 Å². The molecule has 1 aliphatic rings. The molecule has 0 spiro atoms. The van der Waals surface area contributed by atoms with Gasteiger partial charge in [0, 0.05) is 30.7 Å². The van der Waals surface area contributed by atoms with E-state index in [4.69, 9.17) is 5.26 Å². The van der Waals surface area contributed by atoms with Gasteiger partial charge in [0.1, 0.15) is 11.8 Å². The molecule has 0 atom stereocenters. The first-order valence-electron chi connectivity index (χ1n) is 5.75. The number of hydrogen-bond donors (Lipinski definition) is 0. The molecular formula is C13H12N4. The van der Waals surface area contributed by atoms with Gasteiger partial charge in [-0.2, -0.15) is 10.4 Å². The Hall–Kier alpha value is -2.15. The van der Waals surface area contributed by atoms with E-state index in [2.05, 4.69) is 16.2 Å². The smallest absolute Gasteiger partial charge is 0.112 e. The number of pyridine rings is 1. The third-order valence-electron chi connectivity index (χ3n) is 2.96. The van der Waals surface area contributed by atoms with Gasteiger partial charge in [0.2, 0.25) is 0 Å². The van der Waals surface area contributed by atoms with Gasteiger partial charge in [-0.1, -0.05) is 0 Å². The zero-order valence-electron chi connectivity index (χ0n) is 9.37. The Bertz CT molecular complexity index is 561. The summed E-state index contributed by atoms with van der Waals surface area (Å²) in [6.07, 6.45) is 7.86. The van der Waals surface area contributed by atoms with E-state index in [1.165, 1.54) is 12.8 Å². The third kappa shape index (κ3) is 2.04. The molecule has 17 heavy (non-hydrogen) atoms. The maximum Gasteiger partial charge on any atom is 0.112 e. The fraction of sp³-hybridized carbons (Fsp3) is 0.308. The second-order valence-electron chi connectivity index (χ2n) is 4.41. The van der Waals surface area contributed by atoms with Crippen molar-refractivity contribution in [3.8, 4) is 17.3 Å². The van der Waals surface area contributed by atoms with Gasteiger partial charge in [-0.25, -0.2) is 0 Å². The van der Waals surface area contributed by atoms with E-state index in [0.717, 1.165) is 23.7 Å². The highest BCUT2D eigenvalue weighted by molar-refractivity contribution is 5.64. The number of nitrogens with zero attached hydrogens (tertiary/aromatic N) is 4. The van der Waals surface area contributed by atoms with Gasteiger partial charge in [-0.3, -0.25) is 9.67 Å². The van der Waals surface area contributed by atoms with Gasteiger partial charge < -0.3 is 0 Å². The van der Waals surface area contributed by atoms with Crippen LogP contribution in [0.5, 0.6) is 0 Å². The molecule has 4 heteroatoms. The normalized spacial score (nSPS) is 14.5. The number of nitriles is 1. The van der Waals surface area contributed by atoms with Crippen molar-refractivity contribution in [2.45, 2.75) is 19.4 Å². The van der Waals surface area contributed by atoms with Crippen LogP contribution >= 0.6 is 0 Å². The molecule has 2 aromatic heterocycles. The summed E-state index contributed by atoms with van der Waals surface area (Å²) >= 11 is 0. The Morgan fingerprint density at radius 1 is 1.47 bits per heavy atom. The van der Waals surface area contributed by atoms with Crippen molar-refractivity contribution in [1.29, 1.82) is 5.26 Å². The summed E-state index contributed by atoms with van der Waals surface area (Å²) in [7, 11) is 0. The number of hydrogen-bond acceptors (Lipinski definition) is 3. The molecule has 1 aliphatic carbocycles. The summed E-state index contributed by atoms with van der Waals surface area (Å²) in [5.41, 5.74) is 2.26. The average molecular weight is 224 g/mol. The van der Waals surface area contributed by atoms with E-state index in [-0.39, 0.29) is 0 Å². The standard InChI is InChI=1S/C13H12N4/c14-6-12-9-17(8-10-3-4-10)16-13(12)11-2-1-5-15-7-11/h1-2,5,7,9-10H,3-4,8H2. The molecule has 1 saturated carbocycles. The lowest BCUT2D eigenvalue weighted by molar-refractivity contribution is 0.564. The highest BCUT2D eigenvalue weighted by Gasteiger charge is 2.23. The summed E-state index contributed by atoms with van der Waals surface area (Å²) in [6.45, 7) is 0.926. The van der Waals surface area contributed by atoms with E-state index in [1.54, 1.807) is 12.4 Å². The van der Waals surface area contributed by atoms with Crippen LogP contribution in [-0.4, -0.2) is 14.8 Å². The molecule has 0 aliphatic heterocycles. The van der Waals surface area contributed by atoms with Crippen molar-refractivity contribution < 1.29 is 0 Å². The molecule has 0 amide bonds. The predicted molar refractivity (Wildman–Crippen MR) is 62.9 cm³/mol. The lowest BCUT2D eigenvalue weighted by atomic mass is 10.1. The van der Waals surface area contributed by atoms with E-state index in [9.17, 15) is 0 Å². The highest BCUT2D eigenvalue weighted by atomic mass is 15.3. The summed E-state index contributed by atoms with van der Waals surface area (Å²) < 4.78 is 1.89. The molecule has 2 heterocycles. The first-order chi connectivity index (χ1) is 8.36. The first-order valence-corrected chi connectivity index (χ1v) is 5.75. The van der Waals surface area contributed by atoms with Gasteiger partial charge in [0.25, 0.3) is 0 Å². The van der Waals surface area contributed by atoms with Crippen molar-refractivity contribution in [1.82, 2.24) is 14.8 Å². The van der Waals surface area contributed by atoms with Crippen LogP contribution in [0.3, 0.4) is 0 Å². The number of rotatable bonds is 3. The van der Waals surface area contributed by atoms with Gasteiger partial charge in [-0.15, -0.1) is 0 Å². The van der Waals surface area contributed by atoms with Gasteiger partial charge in [-0.05, 0) is 30.9 Å². The maximum absolute atomic E-state index is 9.12. The minimum atomic E-state index is 0.624. The van der Waals surface area contributed by atoms with Crippen molar-refractivity contribution in [2.24, 2.45) is 5.92 Å². The van der Waals surface area contributed by atoms with Gasteiger partial charge in [0.05, 0.1) is 5.56 Å². The third-order valence-corrected chi connectivity index (χ3v) is 2.96. The second-order valence-corrected chi connectivity index (χ2v) is 4.41. The van der Waals surface area contributed by atoms with Gasteiger partial charge >= 0.3 is 0 Å². The summed E-state index contributed by atoms with van der Waals surface area (Å²) in [4.78, 5) is 4.06. The van der Waals surface area contributed by atoms with Crippen LogP contribution in [-0.2, 0) is 6.54 Å². The molecule has 3 rings (SSSR count). The maximum atomic E-state index is 9.12. The van der Waals surface area contributed by atoms with E-state index < -0.39 is 0 Å². The van der Waals surface area contributed by atoms with E-state index in [0.29, 0.717) is 5.56 Å². The minimum Gasteiger partial charge on any atom is -0.270 e. The van der Waals surface area contributed by atoms with Crippen LogP contribution < -0.4 is 0 Å². The summed E-state index contributed by atoms with van der Waals surface area (Å²) in [5, 5.41) is 13.6. The molecule has 0 radical (unpaired) electrons. The number of aromatic nitrogens is 3. The second kappa shape index (κ2) is 4.02. The fourth-order valence-corrected chi connectivity index (χ4v) is 1.88. The quantitative estimate of drug-likeness (QED) is 0.803. The minimum absolute atomic E-state index is 0.624. The molecule has 2 aromatic rings. The first kappa shape index (κ1) is 10.0. The van der Waals surface area contributed by atoms with E-state index in [1.807, 2.05) is 23.0 Å². The van der Waals surface area contributed by atoms with Crippen LogP contribution in [0, 0.1) is 17.2 Å². The molecule has 1 fully saturated rings. The molecule has 4 nitrogen and oxygen atoms in total. The molecule has 0 bridgehead atoms. The molecule has 0 N–H and O–H groups in total. The molecule has 0 aromatic carbocycles. The fourth-order valence-electron chi connectivity index (χ4n) is 1.88. The Balaban J connectivity index is 1.97. The zero-order valence-corrected chi connectivity index (χ0v) is 9.37. The van der Waals surface area contributed by atoms with Crippen LogP contribution in [0.15, 0.2) is 30.7 Å². The SMILES string of the molecule is N#Cc1cn(CC2CC2)nc1-c1cccnc1. The largest absolute Gasteiger partial charge is 0.270 e. The van der Waals surface area contributed by atoms with E-state index >= 15 is 0 Å². The van der Waals surface area contributed by atoms with Crippen LogP contribution in [0.1, 0.15) is 18.4 Å². The van der Waals surface area contributed by atoms with Crippen molar-refractivity contribution in [3.63, 3.8) is 0 Å². The molecule has 0 unspecified atom stereocenters. The molecular weight excluding hydrogens is 212 g/mol. The monoisotopic (exact) mass is 224 g/mol. The van der Waals surface area contributed by atoms with Crippen LogP contribution in [0.4, 0.5) is 0 Å². The average Bonchev–Trinajstić information content (AvgIpc) is 3.08. The predicted octanol–water partition coefficient (Wildman–Crippen LogP) is 2.23. The Labute approximate surface area is 99.5 Å². The highest BCUT2D eigenvalue weighted by Crippen LogP contribution is 2.31. The Morgan fingerprint density at radius 3 is 3.00 bits per heavy atom. The molecule has 0 saturated heterocycles. The lowest BCUT2D eigenvalue weighted by Crippen LogP contribution is -1.99. The van der Waals surface area contributed by atoms with Crippen LogP contribution in [0.2, 0.25) is 0 Å². The van der Waals surface area contributed by atoms with Gasteiger partial charge in [0.15, 0.2) is 0 Å². The zero-order chi connectivity index (χ0) is 11.7. The Morgan fingerprint density at radius 2 is 2.35 bits per heavy atom.